The molecule has 2 aliphatic heterocycles. The van der Waals surface area contributed by atoms with Gasteiger partial charge in [-0.2, -0.15) is 9.97 Å². The Bertz CT molecular complexity index is 960. The summed E-state index contributed by atoms with van der Waals surface area (Å²) in [6, 6.07) is 21.4. The molecule has 3 aromatic rings. The Hall–Kier alpha value is -3.12. The highest BCUT2D eigenvalue weighted by molar-refractivity contribution is 5.67. The zero-order valence-electron chi connectivity index (χ0n) is 16.4. The fraction of sp³-hybridized carbons (Fsp3) is 0.304. The minimum absolute atomic E-state index is 0.298. The molecule has 3 heterocycles. The largest absolute Gasteiger partial charge is 0.356 e. The van der Waals surface area contributed by atoms with Gasteiger partial charge < -0.3 is 15.6 Å². The van der Waals surface area contributed by atoms with Crippen LogP contribution in [0.2, 0.25) is 0 Å². The summed E-state index contributed by atoms with van der Waals surface area (Å²) in [4.78, 5) is 12.0. The van der Waals surface area contributed by atoms with Crippen molar-refractivity contribution in [1.82, 2.24) is 15.4 Å². The van der Waals surface area contributed by atoms with E-state index < -0.39 is 0 Å². The summed E-state index contributed by atoms with van der Waals surface area (Å²) in [6.45, 7) is 2.77. The number of hydrogen-bond acceptors (Lipinski definition) is 6. The molecule has 0 bridgehead atoms. The van der Waals surface area contributed by atoms with Crippen molar-refractivity contribution in [3.63, 3.8) is 0 Å². The average Bonchev–Trinajstić information content (AvgIpc) is 3.19. The van der Waals surface area contributed by atoms with E-state index in [2.05, 4.69) is 75.7 Å². The number of rotatable bonds is 7. The predicted molar refractivity (Wildman–Crippen MR) is 117 cm³/mol. The molecule has 29 heavy (non-hydrogen) atoms. The number of benzene rings is 2. The zero-order chi connectivity index (χ0) is 19.5. The van der Waals surface area contributed by atoms with Gasteiger partial charge in [-0.25, -0.2) is 5.43 Å². The lowest BCUT2D eigenvalue weighted by Crippen LogP contribution is -2.35. The molecule has 0 saturated heterocycles. The molecule has 1 aromatic heterocycles. The third kappa shape index (κ3) is 3.89. The lowest BCUT2D eigenvalue weighted by atomic mass is 10.0. The van der Waals surface area contributed by atoms with Crippen LogP contribution < -0.4 is 21.1 Å². The molecule has 0 aliphatic carbocycles. The molecule has 6 nitrogen and oxygen atoms in total. The molecule has 2 aliphatic rings. The first-order valence-electron chi connectivity index (χ1n) is 10.4. The van der Waals surface area contributed by atoms with Crippen LogP contribution in [-0.4, -0.2) is 29.6 Å². The highest BCUT2D eigenvalue weighted by Crippen LogP contribution is 2.40. The van der Waals surface area contributed by atoms with Crippen molar-refractivity contribution in [3.8, 4) is 0 Å². The number of hydrazine groups is 1. The minimum atomic E-state index is 0.298. The summed E-state index contributed by atoms with van der Waals surface area (Å²) in [7, 11) is 0. The third-order valence-corrected chi connectivity index (χ3v) is 5.68. The normalized spacial score (nSPS) is 17.0. The van der Waals surface area contributed by atoms with E-state index in [1.54, 1.807) is 0 Å². The Labute approximate surface area is 171 Å². The molecular weight excluding hydrogens is 360 g/mol. The highest BCUT2D eigenvalue weighted by Gasteiger charge is 2.34. The van der Waals surface area contributed by atoms with Gasteiger partial charge >= 0.3 is 0 Å². The van der Waals surface area contributed by atoms with Crippen molar-refractivity contribution >= 4 is 17.6 Å². The van der Waals surface area contributed by atoms with Crippen LogP contribution in [0.1, 0.15) is 29.2 Å². The van der Waals surface area contributed by atoms with Gasteiger partial charge in [-0.3, -0.25) is 0 Å². The van der Waals surface area contributed by atoms with E-state index in [1.807, 2.05) is 6.07 Å². The van der Waals surface area contributed by atoms with Gasteiger partial charge in [0.2, 0.25) is 5.95 Å². The number of aromatic nitrogens is 2. The smallest absolute Gasteiger partial charge is 0.226 e. The van der Waals surface area contributed by atoms with Crippen LogP contribution in [0.15, 0.2) is 60.7 Å². The topological polar surface area (TPSA) is 65.1 Å². The van der Waals surface area contributed by atoms with Crippen molar-refractivity contribution in [3.05, 3.63) is 77.4 Å². The minimum Gasteiger partial charge on any atom is -0.356 e. The van der Waals surface area contributed by atoms with Crippen LogP contribution in [0.3, 0.4) is 0 Å². The molecule has 0 saturated carbocycles. The molecule has 3 N–H and O–H groups in total. The first-order valence-corrected chi connectivity index (χ1v) is 10.4. The highest BCUT2D eigenvalue weighted by atomic mass is 15.4. The quantitative estimate of drug-likeness (QED) is 0.577. The van der Waals surface area contributed by atoms with Crippen molar-refractivity contribution in [2.75, 3.05) is 35.3 Å². The number of nitrogens with one attached hydrogen (secondary N) is 3. The van der Waals surface area contributed by atoms with Crippen LogP contribution in [0, 0.1) is 0 Å². The molecule has 0 radical (unpaired) electrons. The van der Waals surface area contributed by atoms with Gasteiger partial charge in [-0.05, 0) is 30.4 Å². The van der Waals surface area contributed by atoms with Gasteiger partial charge in [0.25, 0.3) is 0 Å². The van der Waals surface area contributed by atoms with Gasteiger partial charge in [-0.15, -0.1) is 0 Å². The second-order valence-electron chi connectivity index (χ2n) is 7.63. The molecule has 148 valence electrons. The maximum Gasteiger partial charge on any atom is 0.226 e. The van der Waals surface area contributed by atoms with Gasteiger partial charge in [0, 0.05) is 19.6 Å². The maximum absolute atomic E-state index is 4.91. The third-order valence-electron chi connectivity index (χ3n) is 5.68. The molecule has 0 fully saturated rings. The van der Waals surface area contributed by atoms with Gasteiger partial charge in [-0.1, -0.05) is 60.7 Å². The van der Waals surface area contributed by atoms with E-state index in [4.69, 9.17) is 9.97 Å². The van der Waals surface area contributed by atoms with Crippen LogP contribution in [0.4, 0.5) is 17.6 Å². The van der Waals surface area contributed by atoms with Crippen LogP contribution in [0.5, 0.6) is 0 Å². The maximum atomic E-state index is 4.91. The van der Waals surface area contributed by atoms with Crippen LogP contribution >= 0.6 is 0 Å². The summed E-state index contributed by atoms with van der Waals surface area (Å²) in [5.41, 5.74) is 10.5. The fourth-order valence-electron chi connectivity index (χ4n) is 4.12. The second kappa shape index (κ2) is 8.09. The lowest BCUT2D eigenvalue weighted by molar-refractivity contribution is 0.535. The predicted octanol–water partition coefficient (Wildman–Crippen LogP) is 3.56. The summed E-state index contributed by atoms with van der Waals surface area (Å²) in [5, 5.41) is 3.41. The Morgan fingerprint density at radius 1 is 0.931 bits per heavy atom. The summed E-state index contributed by atoms with van der Waals surface area (Å²) < 4.78 is 0. The molecular formula is C23H26N6. The van der Waals surface area contributed by atoms with Crippen LogP contribution in [0.25, 0.3) is 0 Å². The van der Waals surface area contributed by atoms with Crippen molar-refractivity contribution in [1.29, 1.82) is 0 Å². The standard InChI is InChI=1S/C23H26N6/c1-3-7-17(8-4-1)11-14-24-23-25-21-20-19(27-28-21)13-16-29(22(20)26-23)15-12-18-9-5-2-6-10-18/h1-10,19,27H,11-16H2,(H2,24,25,26,28). The Morgan fingerprint density at radius 3 is 2.41 bits per heavy atom. The average molecular weight is 387 g/mol. The van der Waals surface area contributed by atoms with Gasteiger partial charge in [0.05, 0.1) is 11.6 Å². The van der Waals surface area contributed by atoms with Gasteiger partial charge in [0.1, 0.15) is 5.82 Å². The molecule has 1 unspecified atom stereocenters. The monoisotopic (exact) mass is 386 g/mol. The molecule has 1 atom stereocenters. The number of nitrogens with zero attached hydrogens (tertiary/aromatic N) is 3. The van der Waals surface area contributed by atoms with Crippen molar-refractivity contribution in [2.45, 2.75) is 25.3 Å². The van der Waals surface area contributed by atoms with E-state index in [-0.39, 0.29) is 0 Å². The first kappa shape index (κ1) is 17.9. The van der Waals surface area contributed by atoms with E-state index >= 15 is 0 Å². The van der Waals surface area contributed by atoms with Crippen molar-refractivity contribution < 1.29 is 0 Å². The zero-order valence-corrected chi connectivity index (χ0v) is 16.4. The van der Waals surface area contributed by atoms with E-state index in [1.165, 1.54) is 16.7 Å². The Morgan fingerprint density at radius 2 is 1.66 bits per heavy atom. The summed E-state index contributed by atoms with van der Waals surface area (Å²) >= 11 is 0. The Kier molecular flexibility index (Phi) is 5.01. The molecule has 0 spiro atoms. The molecule has 0 amide bonds. The van der Waals surface area contributed by atoms with Crippen molar-refractivity contribution in [2.24, 2.45) is 0 Å². The van der Waals surface area contributed by atoms with E-state index in [0.717, 1.165) is 50.5 Å². The number of anilines is 3. The van der Waals surface area contributed by atoms with Gasteiger partial charge in [0.15, 0.2) is 5.82 Å². The molecule has 6 heteroatoms. The second-order valence-corrected chi connectivity index (χ2v) is 7.63. The summed E-state index contributed by atoms with van der Waals surface area (Å²) in [5.74, 6) is 2.66. The SMILES string of the molecule is c1ccc(CCNc2nc3c4c(n2)N(CCc2ccccc2)CCC4NN3)cc1. The lowest BCUT2D eigenvalue weighted by Gasteiger charge is -2.32. The molecule has 5 rings (SSSR count). The van der Waals surface area contributed by atoms with Crippen LogP contribution in [-0.2, 0) is 12.8 Å². The fourth-order valence-corrected chi connectivity index (χ4v) is 4.12. The van der Waals surface area contributed by atoms with E-state index in [0.29, 0.717) is 12.0 Å². The number of hydrogen-bond donors (Lipinski definition) is 3. The summed E-state index contributed by atoms with van der Waals surface area (Å²) in [6.07, 6.45) is 3.02. The van der Waals surface area contributed by atoms with E-state index in [9.17, 15) is 0 Å². The molecule has 2 aromatic carbocycles. The Balaban J connectivity index is 1.32. The first-order chi connectivity index (χ1) is 14.4.